The molecule has 2 aromatic rings. The molecule has 28 heavy (non-hydrogen) atoms. The summed E-state index contributed by atoms with van der Waals surface area (Å²) in [5, 5.41) is 14.6. The third-order valence-corrected chi connectivity index (χ3v) is 6.10. The van der Waals surface area contributed by atoms with Crippen LogP contribution in [0.25, 0.3) is 0 Å². The fraction of sp³-hybridized carbons (Fsp3) is 0.381. The van der Waals surface area contributed by atoms with Gasteiger partial charge in [0.05, 0.1) is 5.02 Å². The summed E-state index contributed by atoms with van der Waals surface area (Å²) in [6.07, 6.45) is 3.05. The zero-order valence-electron chi connectivity index (χ0n) is 15.9. The van der Waals surface area contributed by atoms with E-state index < -0.39 is 5.72 Å². The molecule has 2 aliphatic heterocycles. The van der Waals surface area contributed by atoms with Crippen molar-refractivity contribution >= 4 is 28.5 Å². The summed E-state index contributed by atoms with van der Waals surface area (Å²) in [7, 11) is 0. The number of nitrogens with one attached hydrogen (secondary N) is 1. The highest BCUT2D eigenvalue weighted by Crippen LogP contribution is 2.51. The summed E-state index contributed by atoms with van der Waals surface area (Å²) >= 11 is 7.68. The summed E-state index contributed by atoms with van der Waals surface area (Å²) < 4.78 is 21.1. The van der Waals surface area contributed by atoms with E-state index in [2.05, 4.69) is 19.2 Å². The lowest BCUT2D eigenvalue weighted by molar-refractivity contribution is 0.0131. The topological polar surface area (TPSA) is 53.9 Å². The summed E-state index contributed by atoms with van der Waals surface area (Å²) in [5.74, 6) is -0.138. The number of halogens is 2. The Kier molecular flexibility index (Phi) is 4.74. The second-order valence-electron chi connectivity index (χ2n) is 7.97. The molecule has 2 N–H and O–H groups in total. The summed E-state index contributed by atoms with van der Waals surface area (Å²) in [6, 6.07) is 9.93. The van der Waals surface area contributed by atoms with Gasteiger partial charge in [-0.2, -0.15) is 0 Å². The van der Waals surface area contributed by atoms with Gasteiger partial charge in [-0.3, -0.25) is 0 Å². The van der Waals surface area contributed by atoms with Gasteiger partial charge in [0.15, 0.2) is 5.17 Å². The van der Waals surface area contributed by atoms with Crippen LogP contribution < -0.4 is 10.1 Å². The maximum Gasteiger partial charge on any atom is 0.206 e. The fourth-order valence-electron chi connectivity index (χ4n) is 4.18. The van der Waals surface area contributed by atoms with Crippen molar-refractivity contribution in [1.29, 1.82) is 0 Å². The molecule has 0 aliphatic carbocycles. The average molecular weight is 421 g/mol. The molecule has 0 bridgehead atoms. The van der Waals surface area contributed by atoms with Gasteiger partial charge in [-0.05, 0) is 37.8 Å². The Morgan fingerprint density at radius 2 is 2.04 bits per heavy atom. The van der Waals surface area contributed by atoms with Crippen molar-refractivity contribution in [1.82, 2.24) is 5.32 Å². The maximum absolute atomic E-state index is 14.7. The third kappa shape index (κ3) is 3.44. The van der Waals surface area contributed by atoms with Crippen LogP contribution in [0.3, 0.4) is 0 Å². The monoisotopic (exact) mass is 420 g/mol. The molecule has 0 saturated carbocycles. The van der Waals surface area contributed by atoms with Gasteiger partial charge in [-0.15, -0.1) is 0 Å². The normalized spacial score (nSPS) is 25.5. The van der Waals surface area contributed by atoms with Crippen molar-refractivity contribution in [3.63, 3.8) is 0 Å². The van der Waals surface area contributed by atoms with Crippen LogP contribution in [0.5, 0.6) is 11.5 Å². The number of phenolic OH excluding ortho intramolecular Hbond substituents is 1. The van der Waals surface area contributed by atoms with Crippen molar-refractivity contribution < 1.29 is 14.2 Å². The number of thioether (sulfide) groups is 1. The molecular formula is C21H22ClFN2O2S. The Hall–Kier alpha value is -1.92. The first-order chi connectivity index (χ1) is 13.2. The molecule has 7 heteroatoms. The van der Waals surface area contributed by atoms with Crippen LogP contribution >= 0.6 is 23.4 Å². The number of phenols is 1. The van der Waals surface area contributed by atoms with Gasteiger partial charge < -0.3 is 15.2 Å². The number of rotatable bonds is 1. The Labute approximate surface area is 173 Å². The number of nitrogens with zero attached hydrogens (tertiary/aromatic N) is 1. The molecule has 4 nitrogen and oxygen atoms in total. The van der Waals surface area contributed by atoms with Crippen LogP contribution in [0.2, 0.25) is 5.02 Å². The lowest BCUT2D eigenvalue weighted by Crippen LogP contribution is -2.56. The van der Waals surface area contributed by atoms with Crippen molar-refractivity contribution in [2.24, 2.45) is 4.99 Å². The highest BCUT2D eigenvalue weighted by atomic mass is 35.5. The zero-order chi connectivity index (χ0) is 20.1. The number of hydrogen-bond donors (Lipinski definition) is 2. The molecular weight excluding hydrogens is 399 g/mol. The van der Waals surface area contributed by atoms with E-state index in [1.807, 2.05) is 12.3 Å². The summed E-state index contributed by atoms with van der Waals surface area (Å²) in [6.45, 7) is 4.19. The van der Waals surface area contributed by atoms with Gasteiger partial charge in [0, 0.05) is 35.9 Å². The molecule has 0 radical (unpaired) electrons. The minimum absolute atomic E-state index is 0.0629. The standard InChI is InChI=1S/C21H22ClFN2O2S/c1-20(2)11-21(25-19(24-20)28-3)10-14(12-6-4-5-7-16(12)23)13-8-15(22)17(26)9-18(13)27-21/h4-9,14,26H,10-11H2,1-3H3,(H,24,25). The highest BCUT2D eigenvalue weighted by molar-refractivity contribution is 8.13. The molecule has 148 valence electrons. The Morgan fingerprint density at radius 1 is 1.29 bits per heavy atom. The van der Waals surface area contributed by atoms with E-state index >= 15 is 0 Å². The van der Waals surface area contributed by atoms with E-state index in [4.69, 9.17) is 21.3 Å². The Morgan fingerprint density at radius 3 is 2.75 bits per heavy atom. The third-order valence-electron chi connectivity index (χ3n) is 5.22. The first-order valence-electron chi connectivity index (χ1n) is 9.10. The lowest BCUT2D eigenvalue weighted by atomic mass is 9.77. The van der Waals surface area contributed by atoms with Gasteiger partial charge in [-0.25, -0.2) is 9.38 Å². The molecule has 4 rings (SSSR count). The number of amidine groups is 1. The fourth-order valence-corrected chi connectivity index (χ4v) is 4.99. The molecule has 0 aromatic heterocycles. The second kappa shape index (κ2) is 6.85. The van der Waals surface area contributed by atoms with E-state index in [0.717, 1.165) is 10.7 Å². The van der Waals surface area contributed by atoms with Gasteiger partial charge in [0.25, 0.3) is 0 Å². The molecule has 1 spiro atoms. The molecule has 2 aliphatic rings. The van der Waals surface area contributed by atoms with E-state index in [1.165, 1.54) is 23.9 Å². The van der Waals surface area contributed by atoms with Crippen LogP contribution in [-0.2, 0) is 0 Å². The molecule has 0 amide bonds. The van der Waals surface area contributed by atoms with Gasteiger partial charge in [0.2, 0.25) is 5.72 Å². The smallest absolute Gasteiger partial charge is 0.206 e. The molecule has 2 unspecified atom stereocenters. The summed E-state index contributed by atoms with van der Waals surface area (Å²) in [4.78, 5) is 4.85. The number of aliphatic imine (C=N–C) groups is 1. The van der Waals surface area contributed by atoms with E-state index in [1.54, 1.807) is 18.2 Å². The van der Waals surface area contributed by atoms with Gasteiger partial charge >= 0.3 is 0 Å². The minimum Gasteiger partial charge on any atom is -0.506 e. The van der Waals surface area contributed by atoms with Crippen LogP contribution in [0.15, 0.2) is 41.4 Å². The van der Waals surface area contributed by atoms with Crippen molar-refractivity contribution in [2.75, 3.05) is 6.26 Å². The van der Waals surface area contributed by atoms with E-state index in [-0.39, 0.29) is 28.0 Å². The number of fused-ring (bicyclic) bond motifs is 1. The second-order valence-corrected chi connectivity index (χ2v) is 9.18. The largest absolute Gasteiger partial charge is 0.506 e. The number of hydrogen-bond acceptors (Lipinski definition) is 5. The molecule has 2 aromatic carbocycles. The predicted octanol–water partition coefficient (Wildman–Crippen LogP) is 5.29. The van der Waals surface area contributed by atoms with Gasteiger partial charge in [-0.1, -0.05) is 41.6 Å². The van der Waals surface area contributed by atoms with E-state index in [9.17, 15) is 9.50 Å². The molecule has 0 fully saturated rings. The lowest BCUT2D eigenvalue weighted by Gasteiger charge is -2.47. The Balaban J connectivity index is 1.90. The van der Waals surface area contributed by atoms with Crippen molar-refractivity contribution in [3.8, 4) is 11.5 Å². The molecule has 2 heterocycles. The van der Waals surface area contributed by atoms with Crippen LogP contribution in [0.1, 0.15) is 43.7 Å². The SMILES string of the molecule is CSC1=NC2(CC(c3ccccc3F)c3cc(Cl)c(O)cc3O2)CC(C)(C)N1. The highest BCUT2D eigenvalue weighted by Gasteiger charge is 2.48. The van der Waals surface area contributed by atoms with Crippen molar-refractivity contribution in [2.45, 2.75) is 43.9 Å². The van der Waals surface area contributed by atoms with Crippen molar-refractivity contribution in [3.05, 3.63) is 58.4 Å². The number of ether oxygens (including phenoxy) is 1. The van der Waals surface area contributed by atoms with Gasteiger partial charge in [0.1, 0.15) is 17.3 Å². The zero-order valence-corrected chi connectivity index (χ0v) is 17.5. The molecule has 2 atom stereocenters. The van der Waals surface area contributed by atoms with E-state index in [0.29, 0.717) is 24.2 Å². The van der Waals surface area contributed by atoms with Crippen LogP contribution in [0.4, 0.5) is 4.39 Å². The Bertz CT molecular complexity index is 965. The first kappa shape index (κ1) is 19.4. The molecule has 0 saturated heterocycles. The summed E-state index contributed by atoms with van der Waals surface area (Å²) in [5.41, 5.74) is 0.236. The first-order valence-corrected chi connectivity index (χ1v) is 10.7. The quantitative estimate of drug-likeness (QED) is 0.658. The number of benzene rings is 2. The minimum atomic E-state index is -0.854. The van der Waals surface area contributed by atoms with Crippen LogP contribution in [-0.4, -0.2) is 27.8 Å². The maximum atomic E-state index is 14.7. The predicted molar refractivity (Wildman–Crippen MR) is 112 cm³/mol. The average Bonchev–Trinajstić information content (AvgIpc) is 2.61. The number of aromatic hydroxyl groups is 1. The van der Waals surface area contributed by atoms with Crippen LogP contribution in [0, 0.1) is 5.82 Å².